The van der Waals surface area contributed by atoms with Crippen LogP contribution < -0.4 is 9.64 Å². The zero-order valence-corrected chi connectivity index (χ0v) is 19.9. The number of ketones is 1. The van der Waals surface area contributed by atoms with E-state index in [1.807, 2.05) is 0 Å². The van der Waals surface area contributed by atoms with Crippen molar-refractivity contribution in [3.8, 4) is 17.4 Å². The third-order valence-electron chi connectivity index (χ3n) is 5.68. The van der Waals surface area contributed by atoms with E-state index in [9.17, 15) is 24.8 Å². The zero-order chi connectivity index (χ0) is 26.4. The highest BCUT2D eigenvalue weighted by molar-refractivity contribution is 6.09. The molecule has 2 heterocycles. The molecule has 0 amide bonds. The molecule has 1 aliphatic heterocycles. The van der Waals surface area contributed by atoms with Crippen molar-refractivity contribution in [2.45, 2.75) is 25.9 Å². The predicted octanol–water partition coefficient (Wildman–Crippen LogP) is 4.26. The lowest BCUT2D eigenvalue weighted by atomic mass is 10.0. The largest absolute Gasteiger partial charge is 0.508 e. The van der Waals surface area contributed by atoms with E-state index in [1.165, 1.54) is 54.9 Å². The molecule has 0 bridgehead atoms. The van der Waals surface area contributed by atoms with Gasteiger partial charge in [0.15, 0.2) is 5.78 Å². The summed E-state index contributed by atoms with van der Waals surface area (Å²) in [4.78, 5) is 45.3. The molecule has 12 heteroatoms. The number of ether oxygens (including phenoxy) is 3. The molecular formula is C25H24N4O8. The Hall–Kier alpha value is -4.74. The molecule has 0 unspecified atom stereocenters. The number of aromatic hydroxyl groups is 1. The highest BCUT2D eigenvalue weighted by Gasteiger charge is 2.32. The molecule has 0 aliphatic carbocycles. The number of carbonyl (C=O) groups excluding carboxylic acids is 2. The van der Waals surface area contributed by atoms with Gasteiger partial charge in [-0.3, -0.25) is 14.9 Å². The van der Waals surface area contributed by atoms with Gasteiger partial charge >= 0.3 is 17.7 Å². The minimum Gasteiger partial charge on any atom is -0.508 e. The molecule has 37 heavy (non-hydrogen) atoms. The molecule has 1 aliphatic rings. The van der Waals surface area contributed by atoms with Gasteiger partial charge < -0.3 is 24.2 Å². The first-order chi connectivity index (χ1) is 17.9. The van der Waals surface area contributed by atoms with Crippen molar-refractivity contribution in [3.05, 3.63) is 76.1 Å². The molecule has 3 aromatic rings. The summed E-state index contributed by atoms with van der Waals surface area (Å²) in [5, 5.41) is 21.4. The molecule has 1 aromatic heterocycles. The average Bonchev–Trinajstić information content (AvgIpc) is 2.89. The quantitative estimate of drug-likeness (QED) is 0.201. The van der Waals surface area contributed by atoms with Crippen LogP contribution in [0.2, 0.25) is 0 Å². The number of phenols is 1. The van der Waals surface area contributed by atoms with Gasteiger partial charge in [0.1, 0.15) is 23.9 Å². The summed E-state index contributed by atoms with van der Waals surface area (Å²) >= 11 is 0. The topological polar surface area (TPSA) is 154 Å². The zero-order valence-electron chi connectivity index (χ0n) is 19.9. The average molecular weight is 508 g/mol. The first-order valence-corrected chi connectivity index (χ1v) is 11.5. The van der Waals surface area contributed by atoms with Crippen LogP contribution in [0.4, 0.5) is 16.3 Å². The lowest BCUT2D eigenvalue weighted by Gasteiger charge is -2.31. The van der Waals surface area contributed by atoms with E-state index < -0.39 is 16.8 Å². The molecule has 0 saturated carbocycles. The molecule has 4 rings (SSSR count). The monoisotopic (exact) mass is 508 g/mol. The van der Waals surface area contributed by atoms with Crippen molar-refractivity contribution in [3.63, 3.8) is 0 Å². The maximum absolute atomic E-state index is 12.6. The van der Waals surface area contributed by atoms with E-state index in [0.717, 1.165) is 0 Å². The van der Waals surface area contributed by atoms with Crippen LogP contribution in [0.15, 0.2) is 54.9 Å². The lowest BCUT2D eigenvalue weighted by Crippen LogP contribution is -2.38. The minimum atomic E-state index is -0.736. The predicted molar refractivity (Wildman–Crippen MR) is 130 cm³/mol. The van der Waals surface area contributed by atoms with Crippen molar-refractivity contribution in [2.24, 2.45) is 0 Å². The summed E-state index contributed by atoms with van der Waals surface area (Å²) in [6.07, 6.45) is 0.996. The number of anilines is 1. The van der Waals surface area contributed by atoms with Crippen molar-refractivity contribution in [1.82, 2.24) is 9.97 Å². The Morgan fingerprint density at radius 1 is 1.05 bits per heavy atom. The van der Waals surface area contributed by atoms with E-state index in [-0.39, 0.29) is 41.7 Å². The highest BCUT2D eigenvalue weighted by Crippen LogP contribution is 2.37. The van der Waals surface area contributed by atoms with Crippen molar-refractivity contribution in [2.75, 3.05) is 24.6 Å². The molecule has 192 valence electrons. The van der Waals surface area contributed by atoms with Gasteiger partial charge in [0, 0.05) is 37.1 Å². The van der Waals surface area contributed by atoms with Crippen LogP contribution in [0.5, 0.6) is 17.4 Å². The summed E-state index contributed by atoms with van der Waals surface area (Å²) in [6.45, 7) is 2.64. The van der Waals surface area contributed by atoms with E-state index in [0.29, 0.717) is 37.1 Å². The molecule has 2 aromatic carbocycles. The van der Waals surface area contributed by atoms with Gasteiger partial charge in [0.05, 0.1) is 11.5 Å². The van der Waals surface area contributed by atoms with Crippen LogP contribution >= 0.6 is 0 Å². The van der Waals surface area contributed by atoms with Crippen LogP contribution in [0.25, 0.3) is 0 Å². The number of nitro groups is 1. The fraction of sp³-hybridized carbons (Fsp3) is 0.280. The fourth-order valence-electron chi connectivity index (χ4n) is 3.86. The third kappa shape index (κ3) is 6.10. The number of hydrogen-bond donors (Lipinski definition) is 1. The molecule has 0 spiro atoms. The summed E-state index contributed by atoms with van der Waals surface area (Å²) in [5.41, 5.74) is 0.388. The van der Waals surface area contributed by atoms with Gasteiger partial charge in [0.25, 0.3) is 0 Å². The molecular weight excluding hydrogens is 484 g/mol. The Morgan fingerprint density at radius 2 is 1.68 bits per heavy atom. The van der Waals surface area contributed by atoms with Crippen LogP contribution in [0.1, 0.15) is 35.7 Å². The molecule has 0 radical (unpaired) electrons. The second-order valence-corrected chi connectivity index (χ2v) is 8.10. The van der Waals surface area contributed by atoms with Crippen LogP contribution in [0, 0.1) is 10.1 Å². The number of rotatable bonds is 8. The Balaban J connectivity index is 1.47. The smallest absolute Gasteiger partial charge is 0.508 e. The summed E-state index contributed by atoms with van der Waals surface area (Å²) in [7, 11) is 0. The van der Waals surface area contributed by atoms with Crippen molar-refractivity contribution >= 4 is 23.4 Å². The molecule has 0 atom stereocenters. The van der Waals surface area contributed by atoms with Gasteiger partial charge in [-0.25, -0.2) is 9.78 Å². The van der Waals surface area contributed by atoms with E-state index in [4.69, 9.17) is 14.2 Å². The van der Waals surface area contributed by atoms with E-state index >= 15 is 0 Å². The number of phenolic OH excluding ortho intramolecular Hbond substituents is 1. The van der Waals surface area contributed by atoms with Crippen LogP contribution in [-0.2, 0) is 9.47 Å². The Labute approximate surface area is 211 Å². The van der Waals surface area contributed by atoms with Crippen LogP contribution in [-0.4, -0.2) is 57.7 Å². The Kier molecular flexibility index (Phi) is 7.77. The Morgan fingerprint density at radius 3 is 2.27 bits per heavy atom. The maximum atomic E-state index is 12.6. The second-order valence-electron chi connectivity index (χ2n) is 8.10. The van der Waals surface area contributed by atoms with Gasteiger partial charge in [-0.05, 0) is 55.5 Å². The normalized spacial score (nSPS) is 13.6. The number of benzene rings is 2. The third-order valence-corrected chi connectivity index (χ3v) is 5.68. The minimum absolute atomic E-state index is 0.0560. The summed E-state index contributed by atoms with van der Waals surface area (Å²) in [5.74, 6) is -0.0875. The number of hydrogen-bond acceptors (Lipinski definition) is 11. The summed E-state index contributed by atoms with van der Waals surface area (Å²) in [6, 6.07) is 12.0. The maximum Gasteiger partial charge on any atom is 0.508 e. The standard InChI is InChI=1S/C25H24N4O8/c1-2-35-25(32)37-20-11-13-28(14-12-20)23-21(29(33)34)24(27-15-26-23)36-19-9-5-17(6-10-19)22(31)16-3-7-18(30)8-4-16/h3-10,15,20,30H,2,11-14H2,1H3. The molecule has 1 saturated heterocycles. The van der Waals surface area contributed by atoms with Crippen molar-refractivity contribution < 1.29 is 33.8 Å². The SMILES string of the molecule is CCOC(=O)OC1CCN(c2ncnc(Oc3ccc(C(=O)c4ccc(O)cc4)cc3)c2[N+](=O)[O-])CC1. The van der Waals surface area contributed by atoms with E-state index in [1.54, 1.807) is 11.8 Å². The Bertz CT molecular complexity index is 1270. The first kappa shape index (κ1) is 25.4. The lowest BCUT2D eigenvalue weighted by molar-refractivity contribution is -0.385. The second kappa shape index (κ2) is 11.3. The fourth-order valence-corrected chi connectivity index (χ4v) is 3.86. The van der Waals surface area contributed by atoms with Gasteiger partial charge in [0.2, 0.25) is 5.82 Å². The number of piperidine rings is 1. The van der Waals surface area contributed by atoms with E-state index in [2.05, 4.69) is 9.97 Å². The summed E-state index contributed by atoms with van der Waals surface area (Å²) < 4.78 is 15.7. The molecule has 12 nitrogen and oxygen atoms in total. The molecule has 1 fully saturated rings. The van der Waals surface area contributed by atoms with Gasteiger partial charge in [-0.15, -0.1) is 0 Å². The first-order valence-electron chi connectivity index (χ1n) is 11.5. The van der Waals surface area contributed by atoms with Gasteiger partial charge in [-0.1, -0.05) is 0 Å². The number of nitrogens with zero attached hydrogens (tertiary/aromatic N) is 4. The number of carbonyl (C=O) groups is 2. The number of aromatic nitrogens is 2. The molecule has 1 N–H and O–H groups in total. The highest BCUT2D eigenvalue weighted by atomic mass is 16.7. The van der Waals surface area contributed by atoms with Crippen molar-refractivity contribution in [1.29, 1.82) is 0 Å². The van der Waals surface area contributed by atoms with Crippen LogP contribution in [0.3, 0.4) is 0 Å². The van der Waals surface area contributed by atoms with Gasteiger partial charge in [-0.2, -0.15) is 4.98 Å².